The van der Waals surface area contributed by atoms with Crippen molar-refractivity contribution in [3.63, 3.8) is 0 Å². The van der Waals surface area contributed by atoms with Crippen molar-refractivity contribution in [3.8, 4) is 0 Å². The van der Waals surface area contributed by atoms with Crippen molar-refractivity contribution in [1.82, 2.24) is 14.5 Å². The van der Waals surface area contributed by atoms with Gasteiger partial charge < -0.3 is 4.74 Å². The van der Waals surface area contributed by atoms with Crippen LogP contribution < -0.4 is 11.4 Å². The van der Waals surface area contributed by atoms with Crippen LogP contribution in [0.3, 0.4) is 0 Å². The van der Waals surface area contributed by atoms with Gasteiger partial charge in [-0.25, -0.2) is 19.0 Å². The number of hydrogen-bond donors (Lipinski definition) is 1. The number of nitrogens with one attached hydrogen (secondary N) is 1. The second-order valence-electron chi connectivity index (χ2n) is 2.45. The third-order valence-electron chi connectivity index (χ3n) is 1.49. The molecule has 0 bridgehead atoms. The van der Waals surface area contributed by atoms with E-state index in [0.29, 0.717) is 0 Å². The topological polar surface area (TPSA) is 94.0 Å². The third-order valence-corrected chi connectivity index (χ3v) is 1.49. The maximum absolute atomic E-state index is 11.1. The number of hydrogen-bond acceptors (Lipinski definition) is 5. The fourth-order valence-electron chi connectivity index (χ4n) is 0.767. The van der Waals surface area contributed by atoms with Gasteiger partial charge in [-0.15, -0.1) is 0 Å². The van der Waals surface area contributed by atoms with E-state index < -0.39 is 17.3 Å². The van der Waals surface area contributed by atoms with Crippen molar-refractivity contribution in [2.24, 2.45) is 7.05 Å². The van der Waals surface area contributed by atoms with Crippen molar-refractivity contribution >= 4 is 5.97 Å². The van der Waals surface area contributed by atoms with Crippen LogP contribution in [0, 0.1) is 0 Å². The molecule has 0 atom stereocenters. The molecule has 1 heterocycles. The van der Waals surface area contributed by atoms with E-state index in [2.05, 4.69) is 14.7 Å². The van der Waals surface area contributed by atoms with Crippen molar-refractivity contribution in [2.45, 2.75) is 6.92 Å². The van der Waals surface area contributed by atoms with Gasteiger partial charge >= 0.3 is 17.3 Å². The number of H-pyrrole nitrogens is 1. The molecule has 0 aliphatic carbocycles. The average molecular weight is 199 g/mol. The number of esters is 1. The Bertz CT molecular complexity index is 427. The molecule has 0 amide bonds. The van der Waals surface area contributed by atoms with E-state index in [0.717, 1.165) is 4.57 Å². The van der Waals surface area contributed by atoms with E-state index in [4.69, 9.17) is 0 Å². The lowest BCUT2D eigenvalue weighted by molar-refractivity contribution is 0.0510. The van der Waals surface area contributed by atoms with Gasteiger partial charge in [-0.1, -0.05) is 0 Å². The molecule has 0 aromatic carbocycles. The molecule has 1 aromatic heterocycles. The maximum Gasteiger partial charge on any atom is 0.374 e. The summed E-state index contributed by atoms with van der Waals surface area (Å²) in [6.45, 7) is 1.76. The summed E-state index contributed by atoms with van der Waals surface area (Å²) in [7, 11) is 1.25. The molecule has 0 unspecified atom stereocenters. The van der Waals surface area contributed by atoms with Crippen LogP contribution in [0.2, 0.25) is 0 Å². The van der Waals surface area contributed by atoms with Gasteiger partial charge in [0.2, 0.25) is 5.82 Å². The number of carbonyl (C=O) groups excluding carboxylic acids is 1. The highest BCUT2D eigenvalue weighted by Crippen LogP contribution is 1.86. The summed E-state index contributed by atoms with van der Waals surface area (Å²) in [6.07, 6.45) is 0. The second kappa shape index (κ2) is 3.86. The Morgan fingerprint density at radius 1 is 1.57 bits per heavy atom. The SMILES string of the molecule is CCOC(=O)c1nc(=O)n(C)c(=O)[nH]1. The fraction of sp³-hybridized carbons (Fsp3) is 0.429. The molecular weight excluding hydrogens is 190 g/mol. The number of aromatic nitrogens is 3. The van der Waals surface area contributed by atoms with Gasteiger partial charge in [0.15, 0.2) is 0 Å². The minimum Gasteiger partial charge on any atom is -0.460 e. The lowest BCUT2D eigenvalue weighted by atomic mass is 10.6. The Hall–Kier alpha value is -1.92. The first-order valence-electron chi connectivity index (χ1n) is 3.90. The molecule has 1 N–H and O–H groups in total. The quantitative estimate of drug-likeness (QED) is 0.594. The highest BCUT2D eigenvalue weighted by molar-refractivity contribution is 5.84. The van der Waals surface area contributed by atoms with E-state index in [9.17, 15) is 14.4 Å². The largest absolute Gasteiger partial charge is 0.460 e. The smallest absolute Gasteiger partial charge is 0.374 e. The number of carbonyl (C=O) groups is 1. The van der Waals surface area contributed by atoms with Gasteiger partial charge in [-0.2, -0.15) is 4.98 Å². The van der Waals surface area contributed by atoms with Crippen molar-refractivity contribution in [1.29, 1.82) is 0 Å². The summed E-state index contributed by atoms with van der Waals surface area (Å²) in [6, 6.07) is 0. The zero-order valence-electron chi connectivity index (χ0n) is 7.73. The molecule has 0 saturated carbocycles. The monoisotopic (exact) mass is 199 g/mol. The number of aromatic amines is 1. The summed E-state index contributed by atoms with van der Waals surface area (Å²) in [5.41, 5.74) is -1.50. The molecule has 7 nitrogen and oxygen atoms in total. The van der Waals surface area contributed by atoms with Gasteiger partial charge in [0.1, 0.15) is 0 Å². The Morgan fingerprint density at radius 2 is 2.21 bits per heavy atom. The minimum absolute atomic E-state index is 0.151. The molecule has 0 saturated heterocycles. The molecule has 0 aliphatic rings. The van der Waals surface area contributed by atoms with Crippen LogP contribution in [0.4, 0.5) is 0 Å². The molecule has 76 valence electrons. The Morgan fingerprint density at radius 3 is 2.71 bits per heavy atom. The van der Waals surface area contributed by atoms with Crippen molar-refractivity contribution < 1.29 is 9.53 Å². The second-order valence-corrected chi connectivity index (χ2v) is 2.45. The zero-order chi connectivity index (χ0) is 10.7. The summed E-state index contributed by atoms with van der Waals surface area (Å²) in [5.74, 6) is -1.19. The van der Waals surface area contributed by atoms with E-state index in [1.807, 2.05) is 0 Å². The molecule has 0 aliphatic heterocycles. The summed E-state index contributed by atoms with van der Waals surface area (Å²) in [4.78, 5) is 38.5. The predicted molar refractivity (Wildman–Crippen MR) is 46.1 cm³/mol. The predicted octanol–water partition coefficient (Wildman–Crippen LogP) is -1.35. The molecule has 7 heteroatoms. The van der Waals surface area contributed by atoms with Crippen LogP contribution >= 0.6 is 0 Å². The molecule has 0 radical (unpaired) electrons. The Labute approximate surface area is 78.4 Å². The summed E-state index contributed by atoms with van der Waals surface area (Å²) in [5, 5.41) is 0. The van der Waals surface area contributed by atoms with Crippen LogP contribution in [0.25, 0.3) is 0 Å². The van der Waals surface area contributed by atoms with Gasteiger partial charge in [-0.3, -0.25) is 4.98 Å². The molecular formula is C7H9N3O4. The first-order valence-corrected chi connectivity index (χ1v) is 3.90. The maximum atomic E-state index is 11.1. The number of ether oxygens (including phenoxy) is 1. The number of nitrogens with zero attached hydrogens (tertiary/aromatic N) is 2. The van der Waals surface area contributed by atoms with Gasteiger partial charge in [-0.05, 0) is 6.92 Å². The molecule has 0 fully saturated rings. The van der Waals surface area contributed by atoms with Crippen LogP contribution in [0.15, 0.2) is 9.59 Å². The molecule has 1 aromatic rings. The zero-order valence-corrected chi connectivity index (χ0v) is 7.73. The van der Waals surface area contributed by atoms with E-state index in [-0.39, 0.29) is 12.4 Å². The van der Waals surface area contributed by atoms with Crippen LogP contribution in [0.1, 0.15) is 17.5 Å². The first-order chi connectivity index (χ1) is 6.56. The van der Waals surface area contributed by atoms with Crippen LogP contribution in [0.5, 0.6) is 0 Å². The molecule has 14 heavy (non-hydrogen) atoms. The number of rotatable bonds is 2. The van der Waals surface area contributed by atoms with Gasteiger partial charge in [0.25, 0.3) is 0 Å². The Balaban J connectivity index is 3.20. The van der Waals surface area contributed by atoms with E-state index in [1.54, 1.807) is 6.92 Å². The van der Waals surface area contributed by atoms with Gasteiger partial charge in [0.05, 0.1) is 6.61 Å². The standard InChI is InChI=1S/C7H9N3O4/c1-3-14-5(11)4-8-6(12)10(2)7(13)9-4/h3H2,1-2H3,(H,8,9,12,13). The van der Waals surface area contributed by atoms with Gasteiger partial charge in [0, 0.05) is 7.05 Å². The lowest BCUT2D eigenvalue weighted by Crippen LogP contribution is -2.37. The average Bonchev–Trinajstić information content (AvgIpc) is 2.13. The van der Waals surface area contributed by atoms with Crippen molar-refractivity contribution in [2.75, 3.05) is 6.61 Å². The molecule has 0 spiro atoms. The minimum atomic E-state index is -0.817. The highest BCUT2D eigenvalue weighted by atomic mass is 16.5. The van der Waals surface area contributed by atoms with E-state index >= 15 is 0 Å². The lowest BCUT2D eigenvalue weighted by Gasteiger charge is -2.00. The summed E-state index contributed by atoms with van der Waals surface area (Å²) < 4.78 is 5.31. The summed E-state index contributed by atoms with van der Waals surface area (Å²) >= 11 is 0. The Kier molecular flexibility index (Phi) is 2.80. The highest BCUT2D eigenvalue weighted by Gasteiger charge is 2.11. The third kappa shape index (κ3) is 1.87. The normalized spacial score (nSPS) is 9.86. The van der Waals surface area contributed by atoms with Crippen molar-refractivity contribution in [3.05, 3.63) is 26.8 Å². The van der Waals surface area contributed by atoms with Crippen LogP contribution in [-0.2, 0) is 11.8 Å². The molecule has 1 rings (SSSR count). The first kappa shape index (κ1) is 10.2. The fourth-order valence-corrected chi connectivity index (χ4v) is 0.767. The van der Waals surface area contributed by atoms with E-state index in [1.165, 1.54) is 7.05 Å². The van der Waals surface area contributed by atoms with Crippen LogP contribution in [-0.4, -0.2) is 27.1 Å².